The first kappa shape index (κ1) is 14.4. The highest BCUT2D eigenvalue weighted by Crippen LogP contribution is 2.33. The molecule has 0 aromatic heterocycles. The Morgan fingerprint density at radius 2 is 2.00 bits per heavy atom. The Kier molecular flexibility index (Phi) is 4.44. The van der Waals surface area contributed by atoms with E-state index >= 15 is 0 Å². The Morgan fingerprint density at radius 3 is 2.76 bits per heavy atom. The molecule has 0 spiro atoms. The highest BCUT2D eigenvalue weighted by Gasteiger charge is 2.29. The molecule has 3 rings (SSSR count). The molecule has 21 heavy (non-hydrogen) atoms. The number of hydrogen-bond donors (Lipinski definition) is 2. The predicted molar refractivity (Wildman–Crippen MR) is 85.6 cm³/mol. The lowest BCUT2D eigenvalue weighted by Gasteiger charge is -2.35. The third-order valence-corrected chi connectivity index (χ3v) is 4.62. The zero-order valence-corrected chi connectivity index (χ0v) is 12.8. The molecule has 1 atom stereocenters. The van der Waals surface area contributed by atoms with E-state index in [1.165, 1.54) is 18.4 Å². The zero-order chi connectivity index (χ0) is 14.7. The summed E-state index contributed by atoms with van der Waals surface area (Å²) in [4.78, 5) is 14.5. The van der Waals surface area contributed by atoms with Crippen LogP contribution in [-0.4, -0.2) is 25.2 Å². The van der Waals surface area contributed by atoms with Crippen LogP contribution in [0.2, 0.25) is 0 Å². The summed E-state index contributed by atoms with van der Waals surface area (Å²) in [5.74, 6) is 0. The minimum atomic E-state index is 0.0734. The van der Waals surface area contributed by atoms with E-state index < -0.39 is 0 Å². The molecule has 1 aromatic carbocycles. The van der Waals surface area contributed by atoms with E-state index in [2.05, 4.69) is 35.8 Å². The minimum absolute atomic E-state index is 0.0734. The fourth-order valence-electron chi connectivity index (χ4n) is 3.55. The van der Waals surface area contributed by atoms with Crippen molar-refractivity contribution in [3.8, 4) is 0 Å². The maximum atomic E-state index is 12.6. The van der Waals surface area contributed by atoms with E-state index in [9.17, 15) is 4.79 Å². The Hall–Kier alpha value is -1.55. The Bertz CT molecular complexity index is 497. The summed E-state index contributed by atoms with van der Waals surface area (Å²) < 4.78 is 0. The van der Waals surface area contributed by atoms with Crippen molar-refractivity contribution in [1.29, 1.82) is 0 Å². The molecule has 1 fully saturated rings. The van der Waals surface area contributed by atoms with Gasteiger partial charge in [-0.05, 0) is 37.4 Å². The van der Waals surface area contributed by atoms with Crippen molar-refractivity contribution in [1.82, 2.24) is 10.6 Å². The second-order valence-electron chi connectivity index (χ2n) is 6.04. The van der Waals surface area contributed by atoms with Crippen LogP contribution >= 0.6 is 0 Å². The number of benzene rings is 1. The topological polar surface area (TPSA) is 44.4 Å². The van der Waals surface area contributed by atoms with Crippen molar-refractivity contribution in [2.45, 2.75) is 51.1 Å². The molecule has 0 radical (unpaired) electrons. The second kappa shape index (κ2) is 6.48. The Balaban J connectivity index is 1.76. The molecule has 1 saturated carbocycles. The average molecular weight is 287 g/mol. The van der Waals surface area contributed by atoms with E-state index in [4.69, 9.17) is 0 Å². The van der Waals surface area contributed by atoms with Crippen molar-refractivity contribution in [2.75, 3.05) is 18.0 Å². The lowest BCUT2D eigenvalue weighted by molar-refractivity contribution is 0.241. The number of para-hydroxylation sites is 1. The number of rotatable bonds is 3. The van der Waals surface area contributed by atoms with Gasteiger partial charge >= 0.3 is 6.03 Å². The molecule has 1 aromatic rings. The third kappa shape index (κ3) is 3.05. The summed E-state index contributed by atoms with van der Waals surface area (Å²) in [5, 5.41) is 6.72. The number of urea groups is 1. The van der Waals surface area contributed by atoms with Crippen LogP contribution in [0.1, 0.15) is 50.6 Å². The molecule has 114 valence electrons. The zero-order valence-electron chi connectivity index (χ0n) is 12.8. The molecule has 0 saturated heterocycles. The lowest BCUT2D eigenvalue weighted by atomic mass is 9.96. The maximum absolute atomic E-state index is 12.6. The molecule has 4 heteroatoms. The van der Waals surface area contributed by atoms with Gasteiger partial charge < -0.3 is 10.6 Å². The summed E-state index contributed by atoms with van der Waals surface area (Å²) in [6, 6.07) is 9.08. The maximum Gasteiger partial charge on any atom is 0.322 e. The predicted octanol–water partition coefficient (Wildman–Crippen LogP) is 3.20. The van der Waals surface area contributed by atoms with E-state index in [0.29, 0.717) is 12.1 Å². The fourth-order valence-corrected chi connectivity index (χ4v) is 3.55. The molecule has 1 heterocycles. The highest BCUT2D eigenvalue weighted by atomic mass is 16.2. The second-order valence-corrected chi connectivity index (χ2v) is 6.04. The van der Waals surface area contributed by atoms with Crippen LogP contribution in [0.5, 0.6) is 0 Å². The summed E-state index contributed by atoms with van der Waals surface area (Å²) in [5.41, 5.74) is 2.30. The van der Waals surface area contributed by atoms with Crippen molar-refractivity contribution in [2.24, 2.45) is 0 Å². The van der Waals surface area contributed by atoms with Gasteiger partial charge in [0.1, 0.15) is 0 Å². The quantitative estimate of drug-likeness (QED) is 0.896. The van der Waals surface area contributed by atoms with Crippen LogP contribution in [0.15, 0.2) is 24.3 Å². The first-order valence-corrected chi connectivity index (χ1v) is 8.20. The molecular formula is C17H25N3O. The molecule has 2 aliphatic rings. The van der Waals surface area contributed by atoms with Crippen LogP contribution in [0, 0.1) is 0 Å². The molecule has 2 N–H and O–H groups in total. The standard InChI is InChI=1S/C17H25N3O/c1-2-18-15-11-12-20(16-10-6-5-9-14(15)16)17(21)19-13-7-3-4-8-13/h5-6,9-10,13,15,18H,2-4,7-8,11-12H2,1H3,(H,19,21). The van der Waals surface area contributed by atoms with Gasteiger partial charge in [-0.15, -0.1) is 0 Å². The molecule has 4 nitrogen and oxygen atoms in total. The van der Waals surface area contributed by atoms with E-state index in [0.717, 1.165) is 38.0 Å². The number of fused-ring (bicyclic) bond motifs is 1. The fraction of sp³-hybridized carbons (Fsp3) is 0.588. The summed E-state index contributed by atoms with van der Waals surface area (Å²) in [6.45, 7) is 3.86. The van der Waals surface area contributed by atoms with Crippen molar-refractivity contribution >= 4 is 11.7 Å². The molecule has 1 aliphatic heterocycles. The summed E-state index contributed by atoms with van der Waals surface area (Å²) in [7, 11) is 0. The smallest absolute Gasteiger partial charge is 0.322 e. The van der Waals surface area contributed by atoms with Gasteiger partial charge in [0, 0.05) is 18.6 Å². The Labute approximate surface area is 126 Å². The van der Waals surface area contributed by atoms with Crippen LogP contribution in [0.25, 0.3) is 0 Å². The molecule has 0 bridgehead atoms. The summed E-state index contributed by atoms with van der Waals surface area (Å²) >= 11 is 0. The van der Waals surface area contributed by atoms with Gasteiger partial charge in [0.25, 0.3) is 0 Å². The normalized spacial score (nSPS) is 22.1. The number of nitrogens with zero attached hydrogens (tertiary/aromatic N) is 1. The molecule has 1 unspecified atom stereocenters. The van der Waals surface area contributed by atoms with Crippen molar-refractivity contribution < 1.29 is 4.79 Å². The largest absolute Gasteiger partial charge is 0.335 e. The molecule has 2 amide bonds. The number of anilines is 1. The monoisotopic (exact) mass is 287 g/mol. The lowest BCUT2D eigenvalue weighted by Crippen LogP contribution is -2.47. The Morgan fingerprint density at radius 1 is 1.24 bits per heavy atom. The third-order valence-electron chi connectivity index (χ3n) is 4.62. The molecule has 1 aliphatic carbocycles. The summed E-state index contributed by atoms with van der Waals surface area (Å²) in [6.07, 6.45) is 5.71. The number of carbonyl (C=O) groups is 1. The van der Waals surface area contributed by atoms with Gasteiger partial charge in [-0.3, -0.25) is 4.90 Å². The van der Waals surface area contributed by atoms with Crippen LogP contribution in [0.3, 0.4) is 0 Å². The SMILES string of the molecule is CCNC1CCN(C(=O)NC2CCCC2)c2ccccc21. The van der Waals surface area contributed by atoms with E-state index in [1.807, 2.05) is 11.0 Å². The number of hydrogen-bond acceptors (Lipinski definition) is 2. The van der Waals surface area contributed by atoms with Gasteiger partial charge in [0.15, 0.2) is 0 Å². The van der Waals surface area contributed by atoms with Gasteiger partial charge in [-0.2, -0.15) is 0 Å². The highest BCUT2D eigenvalue weighted by molar-refractivity contribution is 5.93. The van der Waals surface area contributed by atoms with Crippen LogP contribution < -0.4 is 15.5 Å². The van der Waals surface area contributed by atoms with Crippen LogP contribution in [0.4, 0.5) is 10.5 Å². The van der Waals surface area contributed by atoms with E-state index in [-0.39, 0.29) is 6.03 Å². The number of amides is 2. The van der Waals surface area contributed by atoms with Crippen LogP contribution in [-0.2, 0) is 0 Å². The number of carbonyl (C=O) groups excluding carboxylic acids is 1. The van der Waals surface area contributed by atoms with Gasteiger partial charge in [0.05, 0.1) is 5.69 Å². The first-order chi connectivity index (χ1) is 10.3. The van der Waals surface area contributed by atoms with Crippen molar-refractivity contribution in [3.05, 3.63) is 29.8 Å². The van der Waals surface area contributed by atoms with E-state index in [1.54, 1.807) is 0 Å². The van der Waals surface area contributed by atoms with Gasteiger partial charge in [-0.25, -0.2) is 4.79 Å². The number of nitrogens with one attached hydrogen (secondary N) is 2. The average Bonchev–Trinajstić information content (AvgIpc) is 3.00. The van der Waals surface area contributed by atoms with Gasteiger partial charge in [-0.1, -0.05) is 38.0 Å². The molecular weight excluding hydrogens is 262 g/mol. The van der Waals surface area contributed by atoms with Gasteiger partial charge in [0.2, 0.25) is 0 Å². The minimum Gasteiger partial charge on any atom is -0.335 e. The van der Waals surface area contributed by atoms with Crippen molar-refractivity contribution in [3.63, 3.8) is 0 Å². The first-order valence-electron chi connectivity index (χ1n) is 8.20.